The summed E-state index contributed by atoms with van der Waals surface area (Å²) in [6.45, 7) is 8.01. The SMILES string of the molecule is CCN(CC1NCC2CCCC21)c1ccccc1C. The van der Waals surface area contributed by atoms with E-state index in [4.69, 9.17) is 0 Å². The number of aryl methyl sites for hydroxylation is 1. The van der Waals surface area contributed by atoms with Crippen LogP contribution in [-0.4, -0.2) is 25.7 Å². The molecule has 2 nitrogen and oxygen atoms in total. The Kier molecular flexibility index (Phi) is 3.79. The van der Waals surface area contributed by atoms with E-state index in [1.165, 1.54) is 43.6 Å². The molecule has 3 rings (SSSR count). The number of hydrogen-bond donors (Lipinski definition) is 1. The molecule has 0 aromatic heterocycles. The molecule has 3 unspecified atom stereocenters. The first-order valence-electron chi connectivity index (χ1n) is 7.83. The van der Waals surface area contributed by atoms with Gasteiger partial charge in [-0.1, -0.05) is 24.6 Å². The summed E-state index contributed by atoms with van der Waals surface area (Å²) in [4.78, 5) is 2.55. The maximum atomic E-state index is 3.77. The molecule has 19 heavy (non-hydrogen) atoms. The molecule has 2 aliphatic rings. The Morgan fingerprint density at radius 1 is 1.26 bits per heavy atom. The summed E-state index contributed by atoms with van der Waals surface area (Å²) < 4.78 is 0. The number of fused-ring (bicyclic) bond motifs is 1. The van der Waals surface area contributed by atoms with Crippen LogP contribution in [-0.2, 0) is 0 Å². The fourth-order valence-corrected chi connectivity index (χ4v) is 4.06. The second-order valence-corrected chi connectivity index (χ2v) is 6.19. The molecule has 0 radical (unpaired) electrons. The van der Waals surface area contributed by atoms with E-state index >= 15 is 0 Å². The minimum atomic E-state index is 0.701. The number of nitrogens with one attached hydrogen (secondary N) is 1. The first-order valence-corrected chi connectivity index (χ1v) is 7.83. The standard InChI is InChI=1S/C17H26N2/c1-3-19(17-10-5-4-7-13(17)2)12-16-15-9-6-8-14(15)11-18-16/h4-5,7,10,14-16,18H,3,6,8-9,11-12H2,1-2H3. The molecule has 1 N–H and O–H groups in total. The molecule has 1 saturated carbocycles. The zero-order valence-electron chi connectivity index (χ0n) is 12.2. The predicted molar refractivity (Wildman–Crippen MR) is 81.7 cm³/mol. The quantitative estimate of drug-likeness (QED) is 0.892. The van der Waals surface area contributed by atoms with Crippen molar-refractivity contribution in [2.75, 3.05) is 24.5 Å². The summed E-state index contributed by atoms with van der Waals surface area (Å²) in [5.41, 5.74) is 2.80. The van der Waals surface area contributed by atoms with Crippen molar-refractivity contribution in [1.82, 2.24) is 5.32 Å². The Morgan fingerprint density at radius 2 is 2.11 bits per heavy atom. The largest absolute Gasteiger partial charge is 0.370 e. The smallest absolute Gasteiger partial charge is 0.0396 e. The van der Waals surface area contributed by atoms with Gasteiger partial charge in [0.1, 0.15) is 0 Å². The van der Waals surface area contributed by atoms with Crippen LogP contribution in [0.4, 0.5) is 5.69 Å². The summed E-state index contributed by atoms with van der Waals surface area (Å²) in [7, 11) is 0. The fraction of sp³-hybridized carbons (Fsp3) is 0.647. The van der Waals surface area contributed by atoms with Gasteiger partial charge >= 0.3 is 0 Å². The third-order valence-corrected chi connectivity index (χ3v) is 5.13. The molecule has 2 fully saturated rings. The maximum absolute atomic E-state index is 3.77. The number of hydrogen-bond acceptors (Lipinski definition) is 2. The number of para-hydroxylation sites is 1. The van der Waals surface area contributed by atoms with Gasteiger partial charge in [-0.25, -0.2) is 0 Å². The van der Waals surface area contributed by atoms with Crippen molar-refractivity contribution in [2.24, 2.45) is 11.8 Å². The van der Waals surface area contributed by atoms with E-state index in [1.54, 1.807) is 0 Å². The van der Waals surface area contributed by atoms with E-state index in [1.807, 2.05) is 0 Å². The van der Waals surface area contributed by atoms with Crippen molar-refractivity contribution in [3.05, 3.63) is 29.8 Å². The first-order chi connectivity index (χ1) is 9.29. The molecule has 2 heteroatoms. The average Bonchev–Trinajstić information content (AvgIpc) is 3.01. The lowest BCUT2D eigenvalue weighted by Crippen LogP contribution is -2.41. The van der Waals surface area contributed by atoms with Crippen LogP contribution in [0.2, 0.25) is 0 Å². The summed E-state index contributed by atoms with van der Waals surface area (Å²) >= 11 is 0. The number of rotatable bonds is 4. The van der Waals surface area contributed by atoms with E-state index in [9.17, 15) is 0 Å². The van der Waals surface area contributed by atoms with Crippen molar-refractivity contribution in [2.45, 2.75) is 39.2 Å². The van der Waals surface area contributed by atoms with Crippen molar-refractivity contribution < 1.29 is 0 Å². The second-order valence-electron chi connectivity index (χ2n) is 6.19. The highest BCUT2D eigenvalue weighted by Gasteiger charge is 2.39. The number of nitrogens with zero attached hydrogens (tertiary/aromatic N) is 1. The summed E-state index contributed by atoms with van der Waals surface area (Å²) in [6, 6.07) is 9.48. The summed E-state index contributed by atoms with van der Waals surface area (Å²) in [5, 5.41) is 3.77. The third kappa shape index (κ3) is 2.51. The number of likely N-dealkylation sites (N-methyl/N-ethyl adjacent to an activating group) is 1. The van der Waals surface area contributed by atoms with E-state index in [2.05, 4.69) is 48.3 Å². The van der Waals surface area contributed by atoms with Crippen molar-refractivity contribution >= 4 is 5.69 Å². The zero-order valence-corrected chi connectivity index (χ0v) is 12.2. The topological polar surface area (TPSA) is 15.3 Å². The Morgan fingerprint density at radius 3 is 2.89 bits per heavy atom. The molecule has 0 amide bonds. The van der Waals surface area contributed by atoms with Crippen LogP contribution in [0.15, 0.2) is 24.3 Å². The Bertz CT molecular complexity index is 429. The average molecular weight is 258 g/mol. The van der Waals surface area contributed by atoms with Crippen LogP contribution in [0.3, 0.4) is 0 Å². The minimum Gasteiger partial charge on any atom is -0.370 e. The van der Waals surface area contributed by atoms with E-state index in [0.717, 1.165) is 18.4 Å². The molecule has 3 atom stereocenters. The minimum absolute atomic E-state index is 0.701. The normalized spacial score (nSPS) is 29.5. The van der Waals surface area contributed by atoms with Crippen LogP contribution in [0.5, 0.6) is 0 Å². The highest BCUT2D eigenvalue weighted by Crippen LogP contribution is 2.38. The lowest BCUT2D eigenvalue weighted by Gasteiger charge is -2.30. The van der Waals surface area contributed by atoms with Gasteiger partial charge in [0, 0.05) is 24.8 Å². The van der Waals surface area contributed by atoms with Gasteiger partial charge < -0.3 is 10.2 Å². The van der Waals surface area contributed by atoms with Gasteiger partial charge in [0.15, 0.2) is 0 Å². The van der Waals surface area contributed by atoms with Gasteiger partial charge in [-0.05, 0) is 56.7 Å². The molecule has 104 valence electrons. The Labute approximate surface area is 117 Å². The van der Waals surface area contributed by atoms with E-state index in [-0.39, 0.29) is 0 Å². The van der Waals surface area contributed by atoms with Gasteiger partial charge in [-0.2, -0.15) is 0 Å². The molecule has 0 bridgehead atoms. The third-order valence-electron chi connectivity index (χ3n) is 5.13. The van der Waals surface area contributed by atoms with Crippen LogP contribution in [0.1, 0.15) is 31.7 Å². The summed E-state index contributed by atoms with van der Waals surface area (Å²) in [5.74, 6) is 1.89. The molecule has 0 spiro atoms. The molecule has 1 saturated heterocycles. The Hall–Kier alpha value is -1.02. The fourth-order valence-electron chi connectivity index (χ4n) is 4.06. The zero-order chi connectivity index (χ0) is 13.2. The van der Waals surface area contributed by atoms with Gasteiger partial charge in [-0.15, -0.1) is 0 Å². The van der Waals surface area contributed by atoms with Crippen LogP contribution < -0.4 is 10.2 Å². The monoisotopic (exact) mass is 258 g/mol. The highest BCUT2D eigenvalue weighted by atomic mass is 15.2. The van der Waals surface area contributed by atoms with Crippen molar-refractivity contribution in [3.8, 4) is 0 Å². The Balaban J connectivity index is 1.72. The molecule has 1 heterocycles. The predicted octanol–water partition coefficient (Wildman–Crippen LogP) is 3.21. The van der Waals surface area contributed by atoms with Gasteiger partial charge in [0.25, 0.3) is 0 Å². The lowest BCUT2D eigenvalue weighted by molar-refractivity contribution is 0.410. The molecule has 1 aromatic carbocycles. The number of anilines is 1. The van der Waals surface area contributed by atoms with E-state index < -0.39 is 0 Å². The lowest BCUT2D eigenvalue weighted by atomic mass is 9.93. The molecule has 1 aliphatic carbocycles. The maximum Gasteiger partial charge on any atom is 0.0396 e. The van der Waals surface area contributed by atoms with Gasteiger partial charge in [0.2, 0.25) is 0 Å². The van der Waals surface area contributed by atoms with Crippen LogP contribution in [0.25, 0.3) is 0 Å². The van der Waals surface area contributed by atoms with E-state index in [0.29, 0.717) is 6.04 Å². The first kappa shape index (κ1) is 13.0. The van der Waals surface area contributed by atoms with Crippen molar-refractivity contribution in [1.29, 1.82) is 0 Å². The van der Waals surface area contributed by atoms with Gasteiger partial charge in [-0.3, -0.25) is 0 Å². The molecule has 1 aromatic rings. The molecule has 1 aliphatic heterocycles. The van der Waals surface area contributed by atoms with Crippen LogP contribution in [0, 0.1) is 18.8 Å². The number of benzene rings is 1. The highest BCUT2D eigenvalue weighted by molar-refractivity contribution is 5.53. The van der Waals surface area contributed by atoms with Crippen LogP contribution >= 0.6 is 0 Å². The molecular weight excluding hydrogens is 232 g/mol. The summed E-state index contributed by atoms with van der Waals surface area (Å²) in [6.07, 6.45) is 4.34. The van der Waals surface area contributed by atoms with Crippen molar-refractivity contribution in [3.63, 3.8) is 0 Å². The molecular formula is C17H26N2. The second kappa shape index (κ2) is 5.54. The van der Waals surface area contributed by atoms with Gasteiger partial charge in [0.05, 0.1) is 0 Å².